The lowest BCUT2D eigenvalue weighted by Gasteiger charge is -2.16. The van der Waals surface area contributed by atoms with Crippen molar-refractivity contribution in [1.29, 1.82) is 0 Å². The Morgan fingerprint density at radius 2 is 1.95 bits per heavy atom. The molecule has 1 unspecified atom stereocenters. The summed E-state index contributed by atoms with van der Waals surface area (Å²) < 4.78 is 18.7. The predicted molar refractivity (Wildman–Crippen MR) is 80.1 cm³/mol. The number of nitrogens with zero attached hydrogens (tertiary/aromatic N) is 1. The fourth-order valence-corrected chi connectivity index (χ4v) is 2.45. The Morgan fingerprint density at radius 1 is 1.24 bits per heavy atom. The van der Waals surface area contributed by atoms with Crippen LogP contribution in [0.15, 0.2) is 24.4 Å². The Labute approximate surface area is 124 Å². The van der Waals surface area contributed by atoms with E-state index in [-0.39, 0.29) is 5.82 Å². The van der Waals surface area contributed by atoms with Gasteiger partial charge in [0.1, 0.15) is 11.6 Å². The number of hydrogen-bond donors (Lipinski definition) is 1. The van der Waals surface area contributed by atoms with E-state index in [9.17, 15) is 9.50 Å². The topological polar surface area (TPSA) is 42.4 Å². The van der Waals surface area contributed by atoms with E-state index in [1.165, 1.54) is 6.07 Å². The van der Waals surface area contributed by atoms with Crippen molar-refractivity contribution in [3.63, 3.8) is 0 Å². The summed E-state index contributed by atoms with van der Waals surface area (Å²) in [5, 5.41) is 10.3. The second-order valence-corrected chi connectivity index (χ2v) is 5.27. The van der Waals surface area contributed by atoms with Crippen LogP contribution in [0.1, 0.15) is 34.1 Å². The van der Waals surface area contributed by atoms with Crippen molar-refractivity contribution in [2.24, 2.45) is 0 Å². The first-order valence-corrected chi connectivity index (χ1v) is 6.87. The molecule has 3 nitrogen and oxygen atoms in total. The van der Waals surface area contributed by atoms with Gasteiger partial charge in [-0.25, -0.2) is 4.39 Å². The van der Waals surface area contributed by atoms with E-state index in [2.05, 4.69) is 4.98 Å². The smallest absolute Gasteiger partial charge is 0.128 e. The van der Waals surface area contributed by atoms with Crippen LogP contribution in [0.3, 0.4) is 0 Å². The fraction of sp³-hybridized carbons (Fsp3) is 0.353. The average molecular weight is 289 g/mol. The monoisotopic (exact) mass is 289 g/mol. The number of pyridine rings is 1. The zero-order chi connectivity index (χ0) is 15.6. The molecule has 0 spiro atoms. The summed E-state index contributed by atoms with van der Waals surface area (Å²) in [5.74, 6) is 0.528. The van der Waals surface area contributed by atoms with Gasteiger partial charge in [-0.1, -0.05) is 12.1 Å². The second-order valence-electron chi connectivity index (χ2n) is 5.27. The Bertz CT molecular complexity index is 655. The van der Waals surface area contributed by atoms with E-state index in [4.69, 9.17) is 4.74 Å². The SMILES string of the molecule is COc1c(C)cnc(CC(O)c2ccc(F)c(C)c2)c1C. The molecule has 0 saturated heterocycles. The van der Waals surface area contributed by atoms with Gasteiger partial charge in [0.25, 0.3) is 0 Å². The van der Waals surface area contributed by atoms with Gasteiger partial charge in [0.15, 0.2) is 0 Å². The summed E-state index contributed by atoms with van der Waals surface area (Å²) in [6, 6.07) is 4.65. The van der Waals surface area contributed by atoms with Gasteiger partial charge >= 0.3 is 0 Å². The van der Waals surface area contributed by atoms with Gasteiger partial charge < -0.3 is 9.84 Å². The number of methoxy groups -OCH3 is 1. The van der Waals surface area contributed by atoms with Crippen molar-refractivity contribution < 1.29 is 14.2 Å². The van der Waals surface area contributed by atoms with E-state index >= 15 is 0 Å². The molecule has 0 bridgehead atoms. The van der Waals surface area contributed by atoms with Gasteiger partial charge in [-0.05, 0) is 38.0 Å². The van der Waals surface area contributed by atoms with Gasteiger partial charge in [-0.15, -0.1) is 0 Å². The van der Waals surface area contributed by atoms with Crippen LogP contribution >= 0.6 is 0 Å². The summed E-state index contributed by atoms with van der Waals surface area (Å²) in [5.41, 5.74) is 3.89. The maximum Gasteiger partial charge on any atom is 0.128 e. The van der Waals surface area contributed by atoms with Crippen LogP contribution in [0, 0.1) is 26.6 Å². The van der Waals surface area contributed by atoms with E-state index in [0.717, 1.165) is 22.6 Å². The zero-order valence-corrected chi connectivity index (χ0v) is 12.8. The largest absolute Gasteiger partial charge is 0.496 e. The van der Waals surface area contributed by atoms with Gasteiger partial charge in [-0.3, -0.25) is 4.98 Å². The van der Waals surface area contributed by atoms with Gasteiger partial charge in [0.2, 0.25) is 0 Å². The highest BCUT2D eigenvalue weighted by atomic mass is 19.1. The number of rotatable bonds is 4. The highest BCUT2D eigenvalue weighted by Gasteiger charge is 2.15. The van der Waals surface area contributed by atoms with Crippen LogP contribution in [0.25, 0.3) is 0 Å². The van der Waals surface area contributed by atoms with Crippen LogP contribution in [0.5, 0.6) is 5.75 Å². The van der Waals surface area contributed by atoms with Crippen LogP contribution in [0.2, 0.25) is 0 Å². The van der Waals surface area contributed by atoms with E-state index in [1.807, 2.05) is 13.8 Å². The number of aliphatic hydroxyl groups is 1. The molecule has 2 aromatic rings. The Balaban J connectivity index is 2.27. The van der Waals surface area contributed by atoms with Crippen LogP contribution in [-0.2, 0) is 6.42 Å². The zero-order valence-electron chi connectivity index (χ0n) is 12.8. The van der Waals surface area contributed by atoms with Crippen molar-refractivity contribution >= 4 is 0 Å². The third-order valence-electron chi connectivity index (χ3n) is 3.70. The number of aromatic nitrogens is 1. The van der Waals surface area contributed by atoms with E-state index in [0.29, 0.717) is 17.5 Å². The molecule has 2 rings (SSSR count). The quantitative estimate of drug-likeness (QED) is 0.937. The molecule has 0 amide bonds. The number of aryl methyl sites for hydroxylation is 2. The number of ether oxygens (including phenoxy) is 1. The van der Waals surface area contributed by atoms with Crippen LogP contribution < -0.4 is 4.74 Å². The first-order valence-electron chi connectivity index (χ1n) is 6.87. The highest BCUT2D eigenvalue weighted by molar-refractivity contribution is 5.41. The maximum absolute atomic E-state index is 13.3. The molecule has 1 atom stereocenters. The summed E-state index contributed by atoms with van der Waals surface area (Å²) in [6.45, 7) is 5.54. The molecule has 0 aliphatic heterocycles. The van der Waals surface area contributed by atoms with E-state index < -0.39 is 6.10 Å². The molecule has 1 heterocycles. The highest BCUT2D eigenvalue weighted by Crippen LogP contribution is 2.27. The molecule has 1 aromatic carbocycles. The van der Waals surface area contributed by atoms with Crippen molar-refractivity contribution in [3.8, 4) is 5.75 Å². The molecule has 21 heavy (non-hydrogen) atoms. The molecule has 0 aliphatic rings. The summed E-state index contributed by atoms with van der Waals surface area (Å²) in [6.07, 6.45) is 1.39. The van der Waals surface area contributed by atoms with Crippen molar-refractivity contribution in [1.82, 2.24) is 4.98 Å². The molecule has 0 fully saturated rings. The van der Waals surface area contributed by atoms with Crippen molar-refractivity contribution in [2.75, 3.05) is 7.11 Å². The lowest BCUT2D eigenvalue weighted by Crippen LogP contribution is -2.07. The Morgan fingerprint density at radius 3 is 2.57 bits per heavy atom. The van der Waals surface area contributed by atoms with Crippen molar-refractivity contribution in [2.45, 2.75) is 33.3 Å². The number of benzene rings is 1. The third kappa shape index (κ3) is 3.22. The maximum atomic E-state index is 13.3. The average Bonchev–Trinajstić information content (AvgIpc) is 2.45. The van der Waals surface area contributed by atoms with Gasteiger partial charge in [0.05, 0.1) is 13.2 Å². The summed E-state index contributed by atoms with van der Waals surface area (Å²) in [7, 11) is 1.62. The van der Waals surface area contributed by atoms with Gasteiger partial charge in [0, 0.05) is 29.4 Å². The first kappa shape index (κ1) is 15.4. The summed E-state index contributed by atoms with van der Waals surface area (Å²) in [4.78, 5) is 4.38. The summed E-state index contributed by atoms with van der Waals surface area (Å²) >= 11 is 0. The molecule has 0 aliphatic carbocycles. The molecule has 0 saturated carbocycles. The molecular weight excluding hydrogens is 269 g/mol. The number of aliphatic hydroxyl groups excluding tert-OH is 1. The predicted octanol–water partition coefficient (Wildman–Crippen LogP) is 3.43. The molecule has 4 heteroatoms. The Kier molecular flexibility index (Phi) is 4.58. The normalized spacial score (nSPS) is 12.3. The minimum Gasteiger partial charge on any atom is -0.496 e. The third-order valence-corrected chi connectivity index (χ3v) is 3.70. The van der Waals surface area contributed by atoms with E-state index in [1.54, 1.807) is 32.4 Å². The minimum absolute atomic E-state index is 0.266. The lowest BCUT2D eigenvalue weighted by molar-refractivity contribution is 0.176. The standard InChI is InChI=1S/C17H20FNO2/c1-10-7-13(5-6-14(10)18)16(20)8-15-12(3)17(21-4)11(2)9-19-15/h5-7,9,16,20H,8H2,1-4H3. The number of halogens is 1. The first-order chi connectivity index (χ1) is 9.93. The lowest BCUT2D eigenvalue weighted by atomic mass is 9.99. The minimum atomic E-state index is -0.720. The van der Waals surface area contributed by atoms with Gasteiger partial charge in [-0.2, -0.15) is 0 Å². The molecule has 1 aromatic heterocycles. The molecular formula is C17H20FNO2. The fourth-order valence-electron chi connectivity index (χ4n) is 2.45. The second kappa shape index (κ2) is 6.22. The molecule has 0 radical (unpaired) electrons. The number of hydrogen-bond acceptors (Lipinski definition) is 3. The van der Waals surface area contributed by atoms with Crippen LogP contribution in [0.4, 0.5) is 4.39 Å². The van der Waals surface area contributed by atoms with Crippen molar-refractivity contribution in [3.05, 3.63) is 58.2 Å². The van der Waals surface area contributed by atoms with Crippen LogP contribution in [-0.4, -0.2) is 17.2 Å². The molecule has 112 valence electrons. The Hall–Kier alpha value is -1.94. The molecule has 1 N–H and O–H groups in total.